The highest BCUT2D eigenvalue weighted by atomic mass is 32.2. The second kappa shape index (κ2) is 6.30. The van der Waals surface area contributed by atoms with E-state index in [-0.39, 0.29) is 5.25 Å². The monoisotopic (exact) mass is 291 g/mol. The summed E-state index contributed by atoms with van der Waals surface area (Å²) in [5.74, 6) is 1.59. The van der Waals surface area contributed by atoms with Gasteiger partial charge >= 0.3 is 0 Å². The molecule has 0 saturated carbocycles. The molecule has 0 aliphatic carbocycles. The van der Waals surface area contributed by atoms with E-state index in [1.807, 2.05) is 0 Å². The maximum Gasteiger partial charge on any atom is 0.278 e. The second-order valence-corrected chi connectivity index (χ2v) is 5.12. The minimum atomic E-state index is -0.242. The number of ether oxygens (including phenoxy) is 2. The first-order chi connectivity index (χ1) is 9.67. The van der Waals surface area contributed by atoms with Crippen LogP contribution in [0.2, 0.25) is 0 Å². The molecule has 1 aromatic carbocycles. The predicted molar refractivity (Wildman–Crippen MR) is 73.8 cm³/mol. The van der Waals surface area contributed by atoms with E-state index in [0.29, 0.717) is 22.6 Å². The molecule has 1 aromatic heterocycles. The van der Waals surface area contributed by atoms with E-state index < -0.39 is 0 Å². The van der Waals surface area contributed by atoms with Gasteiger partial charge < -0.3 is 13.9 Å². The molecule has 7 heteroatoms. The molecule has 0 amide bonds. The molecule has 104 valence electrons. The van der Waals surface area contributed by atoms with Crippen LogP contribution in [0.1, 0.15) is 6.92 Å². The van der Waals surface area contributed by atoms with Crippen LogP contribution in [0, 0.1) is 11.3 Å². The Balaban J connectivity index is 2.26. The predicted octanol–water partition coefficient (Wildman–Crippen LogP) is 2.76. The van der Waals surface area contributed by atoms with Gasteiger partial charge in [0.1, 0.15) is 0 Å². The smallest absolute Gasteiger partial charge is 0.278 e. The fourth-order valence-corrected chi connectivity index (χ4v) is 2.09. The molecule has 1 heterocycles. The lowest BCUT2D eigenvalue weighted by atomic mass is 10.2. The highest BCUT2D eigenvalue weighted by molar-refractivity contribution is 7.99. The fraction of sp³-hybridized carbons (Fsp3) is 0.308. The zero-order chi connectivity index (χ0) is 14.5. The van der Waals surface area contributed by atoms with Crippen LogP contribution in [0.5, 0.6) is 11.5 Å². The van der Waals surface area contributed by atoms with Crippen LogP contribution in [0.25, 0.3) is 11.5 Å². The van der Waals surface area contributed by atoms with E-state index in [2.05, 4.69) is 16.3 Å². The van der Waals surface area contributed by atoms with E-state index in [0.717, 1.165) is 5.56 Å². The van der Waals surface area contributed by atoms with Crippen LogP contribution in [0.4, 0.5) is 0 Å². The zero-order valence-electron chi connectivity index (χ0n) is 11.3. The standard InChI is InChI=1S/C13H13N3O3S/c1-8(7-14)20-13-16-15-12(19-13)9-4-5-10(17-2)11(6-9)18-3/h4-6,8H,1-3H3/t8-/m1/s1. The largest absolute Gasteiger partial charge is 0.493 e. The normalized spacial score (nSPS) is 11.7. The Morgan fingerprint density at radius 2 is 2.00 bits per heavy atom. The zero-order valence-corrected chi connectivity index (χ0v) is 12.1. The van der Waals surface area contributed by atoms with E-state index in [1.54, 1.807) is 39.3 Å². The van der Waals surface area contributed by atoms with Gasteiger partial charge in [-0.2, -0.15) is 5.26 Å². The van der Waals surface area contributed by atoms with Gasteiger partial charge in [-0.15, -0.1) is 10.2 Å². The molecule has 0 unspecified atom stereocenters. The van der Waals surface area contributed by atoms with Crippen LogP contribution in [0.15, 0.2) is 27.8 Å². The maximum absolute atomic E-state index is 8.75. The minimum Gasteiger partial charge on any atom is -0.493 e. The molecule has 2 aromatic rings. The molecular weight excluding hydrogens is 278 g/mol. The van der Waals surface area contributed by atoms with Gasteiger partial charge in [0.2, 0.25) is 5.89 Å². The van der Waals surface area contributed by atoms with Crippen LogP contribution in [-0.2, 0) is 0 Å². The van der Waals surface area contributed by atoms with Gasteiger partial charge in [0.05, 0.1) is 25.5 Å². The lowest BCUT2D eigenvalue weighted by Gasteiger charge is -2.07. The van der Waals surface area contributed by atoms with E-state index in [4.69, 9.17) is 19.2 Å². The summed E-state index contributed by atoms with van der Waals surface area (Å²) in [4.78, 5) is 0. The summed E-state index contributed by atoms with van der Waals surface area (Å²) >= 11 is 1.22. The average Bonchev–Trinajstić information content (AvgIpc) is 2.94. The molecule has 0 fully saturated rings. The molecule has 1 atom stereocenters. The molecule has 2 rings (SSSR count). The number of nitriles is 1. The first kappa shape index (κ1) is 14.2. The Morgan fingerprint density at radius 1 is 1.25 bits per heavy atom. The highest BCUT2D eigenvalue weighted by Crippen LogP contribution is 2.33. The van der Waals surface area contributed by atoms with Crippen LogP contribution in [-0.4, -0.2) is 29.7 Å². The Kier molecular flexibility index (Phi) is 4.48. The summed E-state index contributed by atoms with van der Waals surface area (Å²) in [6.07, 6.45) is 0. The Hall–Kier alpha value is -2.20. The fourth-order valence-electron chi connectivity index (χ4n) is 1.52. The lowest BCUT2D eigenvalue weighted by Crippen LogP contribution is -1.90. The van der Waals surface area contributed by atoms with Gasteiger partial charge in [-0.1, -0.05) is 0 Å². The molecule has 0 spiro atoms. The second-order valence-electron chi connectivity index (χ2n) is 3.83. The van der Waals surface area contributed by atoms with Crippen molar-refractivity contribution in [3.05, 3.63) is 18.2 Å². The summed E-state index contributed by atoms with van der Waals surface area (Å²) in [5, 5.41) is 16.7. The molecule has 20 heavy (non-hydrogen) atoms. The molecular formula is C13H13N3O3S. The quantitative estimate of drug-likeness (QED) is 0.783. The number of aromatic nitrogens is 2. The summed E-state index contributed by atoms with van der Waals surface area (Å²) in [6.45, 7) is 1.77. The van der Waals surface area contributed by atoms with Crippen molar-refractivity contribution in [1.82, 2.24) is 10.2 Å². The average molecular weight is 291 g/mol. The Morgan fingerprint density at radius 3 is 2.65 bits per heavy atom. The topological polar surface area (TPSA) is 81.2 Å². The van der Waals surface area contributed by atoms with Crippen molar-refractivity contribution in [2.75, 3.05) is 14.2 Å². The number of hydrogen-bond acceptors (Lipinski definition) is 7. The maximum atomic E-state index is 8.75. The molecule has 0 radical (unpaired) electrons. The molecule has 0 N–H and O–H groups in total. The van der Waals surface area contributed by atoms with Crippen molar-refractivity contribution >= 4 is 11.8 Å². The van der Waals surface area contributed by atoms with Gasteiger partial charge in [-0.25, -0.2) is 0 Å². The van der Waals surface area contributed by atoms with Gasteiger partial charge in [0, 0.05) is 5.56 Å². The number of rotatable bonds is 5. The summed E-state index contributed by atoms with van der Waals surface area (Å²) < 4.78 is 15.9. The summed E-state index contributed by atoms with van der Waals surface area (Å²) in [5.41, 5.74) is 0.728. The SMILES string of the molecule is COc1ccc(-c2nnc(S[C@H](C)C#N)o2)cc1OC. The number of hydrogen-bond donors (Lipinski definition) is 0. The van der Waals surface area contributed by atoms with Crippen LogP contribution >= 0.6 is 11.8 Å². The van der Waals surface area contributed by atoms with Crippen molar-refractivity contribution in [1.29, 1.82) is 5.26 Å². The number of methoxy groups -OCH3 is 2. The lowest BCUT2D eigenvalue weighted by molar-refractivity contribution is 0.355. The molecule has 0 aliphatic heterocycles. The van der Waals surface area contributed by atoms with Crippen molar-refractivity contribution in [2.45, 2.75) is 17.4 Å². The molecule has 0 saturated heterocycles. The first-order valence-corrected chi connectivity index (χ1v) is 6.68. The highest BCUT2D eigenvalue weighted by Gasteiger charge is 2.14. The van der Waals surface area contributed by atoms with Crippen molar-refractivity contribution in [3.63, 3.8) is 0 Å². The van der Waals surface area contributed by atoms with Crippen molar-refractivity contribution < 1.29 is 13.9 Å². The van der Waals surface area contributed by atoms with E-state index in [9.17, 15) is 0 Å². The summed E-state index contributed by atoms with van der Waals surface area (Å²) in [7, 11) is 3.13. The van der Waals surface area contributed by atoms with E-state index in [1.165, 1.54) is 11.8 Å². The van der Waals surface area contributed by atoms with Gasteiger partial charge in [-0.05, 0) is 36.9 Å². The third kappa shape index (κ3) is 3.03. The Labute approximate surface area is 120 Å². The third-order valence-electron chi connectivity index (χ3n) is 2.50. The molecule has 6 nitrogen and oxygen atoms in total. The van der Waals surface area contributed by atoms with Crippen LogP contribution < -0.4 is 9.47 Å². The number of nitrogens with zero attached hydrogens (tertiary/aromatic N) is 3. The minimum absolute atomic E-state index is 0.242. The number of benzene rings is 1. The third-order valence-corrected chi connectivity index (χ3v) is 3.32. The van der Waals surface area contributed by atoms with Crippen molar-refractivity contribution in [2.24, 2.45) is 0 Å². The van der Waals surface area contributed by atoms with Gasteiger partial charge in [0.25, 0.3) is 5.22 Å². The van der Waals surface area contributed by atoms with E-state index >= 15 is 0 Å². The molecule has 0 bridgehead atoms. The van der Waals surface area contributed by atoms with Crippen LogP contribution in [0.3, 0.4) is 0 Å². The van der Waals surface area contributed by atoms with Crippen molar-refractivity contribution in [3.8, 4) is 29.0 Å². The van der Waals surface area contributed by atoms with Gasteiger partial charge in [0.15, 0.2) is 11.5 Å². The molecule has 0 aliphatic rings. The van der Waals surface area contributed by atoms with Gasteiger partial charge in [-0.3, -0.25) is 0 Å². The Bertz CT molecular complexity index is 636. The number of thioether (sulfide) groups is 1. The first-order valence-electron chi connectivity index (χ1n) is 5.80. The summed E-state index contributed by atoms with van der Waals surface area (Å²) in [6, 6.07) is 7.42.